The summed E-state index contributed by atoms with van der Waals surface area (Å²) >= 11 is 7.95. The van der Waals surface area contributed by atoms with Crippen molar-refractivity contribution in [3.63, 3.8) is 0 Å². The zero-order valence-corrected chi connectivity index (χ0v) is 19.1. The Morgan fingerprint density at radius 3 is 2.78 bits per heavy atom. The summed E-state index contributed by atoms with van der Waals surface area (Å²) in [4.78, 5) is 29.6. The number of ketones is 1. The summed E-state index contributed by atoms with van der Waals surface area (Å²) in [6, 6.07) is 16.3. The van der Waals surface area contributed by atoms with Gasteiger partial charge in [-0.1, -0.05) is 35.9 Å². The second-order valence-corrected chi connectivity index (χ2v) is 9.40. The Balaban J connectivity index is 1.67. The van der Waals surface area contributed by atoms with Crippen LogP contribution in [0.25, 0.3) is 0 Å². The van der Waals surface area contributed by atoms with Crippen molar-refractivity contribution in [2.45, 2.75) is 32.2 Å². The number of aryl methyl sites for hydroxylation is 1. The van der Waals surface area contributed by atoms with Crippen LogP contribution >= 0.6 is 22.9 Å². The van der Waals surface area contributed by atoms with Crippen molar-refractivity contribution in [3.05, 3.63) is 86.7 Å². The summed E-state index contributed by atoms with van der Waals surface area (Å²) in [5.74, 6) is 0.0797. The van der Waals surface area contributed by atoms with Crippen molar-refractivity contribution in [1.82, 2.24) is 0 Å². The number of thiophene rings is 1. The third kappa shape index (κ3) is 3.70. The number of para-hydroxylation sites is 2. The number of allylic oxidation sites excluding steroid dienone is 1. The molecule has 7 heteroatoms. The SMILES string of the molecule is Cc1ccc(NC(=O)N2c3ccccc3NC3=C(C(=O)CCC3)[C@H]2c2cccs2)c(Cl)c1. The average molecular weight is 464 g/mol. The number of benzene rings is 2. The van der Waals surface area contributed by atoms with Gasteiger partial charge in [0.05, 0.1) is 22.1 Å². The molecule has 1 aliphatic carbocycles. The molecule has 0 spiro atoms. The second-order valence-electron chi connectivity index (χ2n) is 8.01. The Bertz CT molecular complexity index is 1240. The van der Waals surface area contributed by atoms with Gasteiger partial charge in [-0.25, -0.2) is 4.79 Å². The lowest BCUT2D eigenvalue weighted by molar-refractivity contribution is -0.116. The minimum atomic E-state index is -0.516. The maximum Gasteiger partial charge on any atom is 0.327 e. The number of carbonyl (C=O) groups excluding carboxylic acids is 2. The molecule has 2 heterocycles. The Labute approximate surface area is 195 Å². The highest BCUT2D eigenvalue weighted by Crippen LogP contribution is 2.46. The Morgan fingerprint density at radius 2 is 2.00 bits per heavy atom. The summed E-state index contributed by atoms with van der Waals surface area (Å²) in [6.45, 7) is 1.95. The van der Waals surface area contributed by atoms with Gasteiger partial charge in [0.2, 0.25) is 0 Å². The molecule has 5 rings (SSSR count). The molecule has 3 aromatic rings. The highest BCUT2D eigenvalue weighted by molar-refractivity contribution is 7.10. The molecule has 2 N–H and O–H groups in total. The zero-order valence-electron chi connectivity index (χ0n) is 17.5. The summed E-state index contributed by atoms with van der Waals surface area (Å²) in [5, 5.41) is 8.89. The number of anilines is 3. The van der Waals surface area contributed by atoms with Crippen LogP contribution in [-0.2, 0) is 4.79 Å². The molecule has 32 heavy (non-hydrogen) atoms. The van der Waals surface area contributed by atoms with Crippen molar-refractivity contribution in [3.8, 4) is 0 Å². The lowest BCUT2D eigenvalue weighted by Crippen LogP contribution is -2.40. The van der Waals surface area contributed by atoms with Gasteiger partial charge in [0.1, 0.15) is 6.04 Å². The molecule has 0 saturated carbocycles. The quantitative estimate of drug-likeness (QED) is 0.433. The Kier molecular flexibility index (Phi) is 5.49. The summed E-state index contributed by atoms with van der Waals surface area (Å²) < 4.78 is 0. The second kappa shape index (κ2) is 8.45. The molecular weight excluding hydrogens is 442 g/mol. The molecule has 0 fully saturated rings. The molecule has 1 aliphatic heterocycles. The van der Waals surface area contributed by atoms with Crippen LogP contribution in [0, 0.1) is 6.92 Å². The van der Waals surface area contributed by atoms with Crippen LogP contribution in [0.4, 0.5) is 21.9 Å². The van der Waals surface area contributed by atoms with Gasteiger partial charge in [0.15, 0.2) is 5.78 Å². The van der Waals surface area contributed by atoms with Gasteiger partial charge in [-0.2, -0.15) is 0 Å². The first-order chi connectivity index (χ1) is 15.5. The molecule has 5 nitrogen and oxygen atoms in total. The molecule has 0 saturated heterocycles. The van der Waals surface area contributed by atoms with Crippen LogP contribution in [0.2, 0.25) is 5.02 Å². The normalized spacial score (nSPS) is 17.9. The summed E-state index contributed by atoms with van der Waals surface area (Å²) in [7, 11) is 0. The lowest BCUT2D eigenvalue weighted by Gasteiger charge is -2.33. The van der Waals surface area contributed by atoms with E-state index in [2.05, 4.69) is 10.6 Å². The van der Waals surface area contributed by atoms with Gasteiger partial charge in [0, 0.05) is 22.6 Å². The molecule has 0 radical (unpaired) electrons. The number of amides is 2. The van der Waals surface area contributed by atoms with E-state index >= 15 is 0 Å². The fourth-order valence-corrected chi connectivity index (χ4v) is 5.48. The van der Waals surface area contributed by atoms with Crippen molar-refractivity contribution >= 4 is 51.8 Å². The van der Waals surface area contributed by atoms with Crippen LogP contribution in [0.3, 0.4) is 0 Å². The van der Waals surface area contributed by atoms with E-state index in [0.29, 0.717) is 28.4 Å². The van der Waals surface area contributed by atoms with E-state index in [1.807, 2.05) is 60.8 Å². The number of carbonyl (C=O) groups is 2. The first kappa shape index (κ1) is 20.8. The summed E-state index contributed by atoms with van der Waals surface area (Å²) in [5.41, 5.74) is 4.63. The van der Waals surface area contributed by atoms with Gasteiger partial charge < -0.3 is 10.6 Å². The molecular formula is C25H22ClN3O2S. The van der Waals surface area contributed by atoms with E-state index in [0.717, 1.165) is 34.7 Å². The molecule has 0 bridgehead atoms. The minimum absolute atomic E-state index is 0.0797. The topological polar surface area (TPSA) is 61.4 Å². The third-order valence-electron chi connectivity index (χ3n) is 5.83. The van der Waals surface area contributed by atoms with E-state index in [-0.39, 0.29) is 11.8 Å². The maximum atomic E-state index is 13.8. The van der Waals surface area contributed by atoms with Crippen molar-refractivity contribution in [1.29, 1.82) is 0 Å². The fraction of sp³-hybridized carbons (Fsp3) is 0.200. The van der Waals surface area contributed by atoms with Gasteiger partial charge in [0.25, 0.3) is 0 Å². The van der Waals surface area contributed by atoms with Crippen molar-refractivity contribution in [2.24, 2.45) is 0 Å². The number of fused-ring (bicyclic) bond motifs is 1. The first-order valence-electron chi connectivity index (χ1n) is 10.5. The smallest absolute Gasteiger partial charge is 0.327 e. The van der Waals surface area contributed by atoms with E-state index in [1.165, 1.54) is 0 Å². The Morgan fingerprint density at radius 1 is 1.16 bits per heavy atom. The number of hydrogen-bond acceptors (Lipinski definition) is 4. The van der Waals surface area contributed by atoms with Gasteiger partial charge in [-0.15, -0.1) is 11.3 Å². The largest absolute Gasteiger partial charge is 0.357 e. The standard InChI is InChI=1S/C25H22ClN3O2S/c1-15-11-12-17(16(26)14-15)28-25(31)29-20-8-3-2-6-18(20)27-19-7-4-9-21(30)23(19)24(29)22-10-5-13-32-22/h2-3,5-6,8,10-14,24,27H,4,7,9H2,1H3,(H,28,31)/t24-/m1/s1. The first-order valence-corrected chi connectivity index (χ1v) is 11.8. The molecule has 1 aromatic heterocycles. The predicted octanol–water partition coefficient (Wildman–Crippen LogP) is 6.92. The Hall–Kier alpha value is -3.09. The average Bonchev–Trinajstić information content (AvgIpc) is 3.25. The number of rotatable bonds is 2. The molecule has 2 aromatic carbocycles. The van der Waals surface area contributed by atoms with E-state index in [1.54, 1.807) is 22.3 Å². The monoisotopic (exact) mass is 463 g/mol. The number of halogens is 1. The van der Waals surface area contributed by atoms with E-state index < -0.39 is 6.04 Å². The van der Waals surface area contributed by atoms with Crippen molar-refractivity contribution in [2.75, 3.05) is 15.5 Å². The maximum absolute atomic E-state index is 13.8. The van der Waals surface area contributed by atoms with Gasteiger partial charge >= 0.3 is 6.03 Å². The molecule has 2 amide bonds. The van der Waals surface area contributed by atoms with Crippen LogP contribution in [0.5, 0.6) is 0 Å². The zero-order chi connectivity index (χ0) is 22.2. The van der Waals surface area contributed by atoms with Crippen LogP contribution in [-0.4, -0.2) is 11.8 Å². The molecule has 1 atom stereocenters. The number of nitrogens with zero attached hydrogens (tertiary/aromatic N) is 1. The van der Waals surface area contributed by atoms with Crippen molar-refractivity contribution < 1.29 is 9.59 Å². The lowest BCUT2D eigenvalue weighted by atomic mass is 9.88. The summed E-state index contributed by atoms with van der Waals surface area (Å²) in [6.07, 6.45) is 2.06. The highest BCUT2D eigenvalue weighted by atomic mass is 35.5. The predicted molar refractivity (Wildman–Crippen MR) is 131 cm³/mol. The molecule has 2 aliphatic rings. The number of hydrogen-bond donors (Lipinski definition) is 2. The van der Waals surface area contributed by atoms with E-state index in [4.69, 9.17) is 11.6 Å². The third-order valence-corrected chi connectivity index (χ3v) is 7.07. The van der Waals surface area contributed by atoms with Crippen LogP contribution in [0.1, 0.15) is 35.7 Å². The highest BCUT2D eigenvalue weighted by Gasteiger charge is 2.40. The minimum Gasteiger partial charge on any atom is -0.357 e. The number of urea groups is 1. The van der Waals surface area contributed by atoms with Crippen LogP contribution in [0.15, 0.2) is 71.2 Å². The molecule has 162 valence electrons. The number of nitrogens with one attached hydrogen (secondary N) is 2. The van der Waals surface area contributed by atoms with Crippen LogP contribution < -0.4 is 15.5 Å². The van der Waals surface area contributed by atoms with Gasteiger partial charge in [-0.05, 0) is 61.0 Å². The fourth-order valence-electron chi connectivity index (χ4n) is 4.37. The van der Waals surface area contributed by atoms with E-state index in [9.17, 15) is 9.59 Å². The van der Waals surface area contributed by atoms with Gasteiger partial charge in [-0.3, -0.25) is 9.69 Å². The molecule has 0 unspecified atom stereocenters. The number of Topliss-reactive ketones (excluding diaryl/α,β-unsaturated/α-hetero) is 1.